The van der Waals surface area contributed by atoms with Crippen LogP contribution in [0.3, 0.4) is 0 Å². The van der Waals surface area contributed by atoms with Gasteiger partial charge >= 0.3 is 0 Å². The zero-order valence-electron chi connectivity index (χ0n) is 10.4. The number of aromatic nitrogens is 1. The van der Waals surface area contributed by atoms with E-state index < -0.39 is 0 Å². The van der Waals surface area contributed by atoms with E-state index >= 15 is 0 Å². The fourth-order valence-electron chi connectivity index (χ4n) is 2.32. The zero-order valence-corrected chi connectivity index (χ0v) is 11.9. The second-order valence-corrected chi connectivity index (χ2v) is 5.33. The van der Waals surface area contributed by atoms with E-state index in [1.54, 1.807) is 0 Å². The summed E-state index contributed by atoms with van der Waals surface area (Å²) in [4.78, 5) is 3.44. The lowest BCUT2D eigenvalue weighted by atomic mass is 10.1. The number of aromatic amines is 1. The number of hydrogen-bond donors (Lipinski definition) is 2. The van der Waals surface area contributed by atoms with Crippen molar-refractivity contribution in [3.8, 4) is 11.3 Å². The number of halogens is 1. The highest BCUT2D eigenvalue weighted by Crippen LogP contribution is 2.34. The van der Waals surface area contributed by atoms with Crippen LogP contribution in [-0.2, 0) is 6.42 Å². The molecule has 0 aliphatic carbocycles. The monoisotopic (exact) mass is 315 g/mol. The molecule has 2 nitrogen and oxygen atoms in total. The highest BCUT2D eigenvalue weighted by atomic mass is 79.9. The minimum atomic E-state index is 0.178. The molecule has 1 aromatic heterocycles. The van der Waals surface area contributed by atoms with Gasteiger partial charge in [-0.15, -0.1) is 0 Å². The Hall–Kier alpha value is -1.58. The third-order valence-electron chi connectivity index (χ3n) is 3.26. The van der Waals surface area contributed by atoms with Crippen molar-refractivity contribution in [1.82, 2.24) is 4.98 Å². The van der Waals surface area contributed by atoms with Gasteiger partial charge in [-0.2, -0.15) is 0 Å². The summed E-state index contributed by atoms with van der Waals surface area (Å²) in [6.45, 7) is 0.178. The molecular weight excluding hydrogens is 302 g/mol. The fourth-order valence-corrected chi connectivity index (χ4v) is 2.99. The van der Waals surface area contributed by atoms with E-state index in [2.05, 4.69) is 45.2 Å². The summed E-state index contributed by atoms with van der Waals surface area (Å²) in [6.07, 6.45) is 0.686. The van der Waals surface area contributed by atoms with Gasteiger partial charge in [0.25, 0.3) is 0 Å². The summed E-state index contributed by atoms with van der Waals surface area (Å²) < 4.78 is 1.09. The summed E-state index contributed by atoms with van der Waals surface area (Å²) in [6, 6.07) is 16.5. The minimum absolute atomic E-state index is 0.178. The molecule has 3 rings (SSSR count). The van der Waals surface area contributed by atoms with Crippen molar-refractivity contribution in [2.45, 2.75) is 6.42 Å². The Morgan fingerprint density at radius 1 is 1.05 bits per heavy atom. The van der Waals surface area contributed by atoms with Gasteiger partial charge in [-0.1, -0.05) is 36.4 Å². The van der Waals surface area contributed by atoms with Crippen LogP contribution < -0.4 is 0 Å². The molecule has 0 atom stereocenters. The van der Waals surface area contributed by atoms with Crippen LogP contribution in [0.1, 0.15) is 5.56 Å². The molecule has 0 saturated carbocycles. The van der Waals surface area contributed by atoms with Gasteiger partial charge < -0.3 is 10.1 Å². The molecule has 0 fully saturated rings. The molecule has 3 heteroatoms. The Bertz CT molecular complexity index is 718. The van der Waals surface area contributed by atoms with Crippen molar-refractivity contribution in [3.05, 3.63) is 58.6 Å². The molecule has 0 bridgehead atoms. The topological polar surface area (TPSA) is 36.0 Å². The van der Waals surface area contributed by atoms with Crippen LogP contribution in [0.25, 0.3) is 22.2 Å². The number of aliphatic hydroxyl groups is 1. The van der Waals surface area contributed by atoms with Gasteiger partial charge in [0, 0.05) is 17.5 Å². The normalized spacial score (nSPS) is 11.1. The molecule has 0 amide bonds. The summed E-state index contributed by atoms with van der Waals surface area (Å²) in [5, 5.41) is 10.2. The molecule has 0 unspecified atom stereocenters. The first kappa shape index (κ1) is 12.5. The number of H-pyrrole nitrogens is 1. The van der Waals surface area contributed by atoms with Gasteiger partial charge in [0.2, 0.25) is 0 Å². The van der Waals surface area contributed by atoms with Crippen molar-refractivity contribution < 1.29 is 5.11 Å². The lowest BCUT2D eigenvalue weighted by Gasteiger charge is -2.03. The molecule has 2 aromatic carbocycles. The predicted octanol–water partition coefficient (Wildman–Crippen LogP) is 4.13. The number of benzene rings is 2. The maximum absolute atomic E-state index is 9.03. The summed E-state index contributed by atoms with van der Waals surface area (Å²) in [7, 11) is 0. The van der Waals surface area contributed by atoms with Gasteiger partial charge in [-0.25, -0.2) is 0 Å². The molecule has 96 valence electrons. The Morgan fingerprint density at radius 2 is 1.89 bits per heavy atom. The van der Waals surface area contributed by atoms with E-state index in [-0.39, 0.29) is 6.61 Å². The number of nitrogens with one attached hydrogen (secondary N) is 1. The fraction of sp³-hybridized carbons (Fsp3) is 0.125. The lowest BCUT2D eigenvalue weighted by Crippen LogP contribution is -1.90. The number of rotatable bonds is 3. The van der Waals surface area contributed by atoms with E-state index in [4.69, 9.17) is 5.11 Å². The smallest absolute Gasteiger partial charge is 0.0609 e. The average molecular weight is 316 g/mol. The summed E-state index contributed by atoms with van der Waals surface area (Å²) in [5.41, 5.74) is 4.48. The molecule has 0 aliphatic rings. The molecule has 0 saturated heterocycles. The van der Waals surface area contributed by atoms with Gasteiger partial charge in [0.15, 0.2) is 0 Å². The van der Waals surface area contributed by atoms with E-state index in [0.29, 0.717) is 6.42 Å². The van der Waals surface area contributed by atoms with Crippen LogP contribution in [0.4, 0.5) is 0 Å². The van der Waals surface area contributed by atoms with E-state index in [1.807, 2.05) is 24.3 Å². The Kier molecular flexibility index (Phi) is 3.40. The molecule has 3 aromatic rings. The number of fused-ring (bicyclic) bond motifs is 1. The van der Waals surface area contributed by atoms with Gasteiger partial charge in [0.05, 0.1) is 10.2 Å². The molecule has 2 N–H and O–H groups in total. The van der Waals surface area contributed by atoms with Crippen molar-refractivity contribution in [2.24, 2.45) is 0 Å². The van der Waals surface area contributed by atoms with E-state index in [1.165, 1.54) is 5.39 Å². The van der Waals surface area contributed by atoms with Gasteiger partial charge in [-0.05, 0) is 45.6 Å². The first-order valence-electron chi connectivity index (χ1n) is 6.26. The maximum atomic E-state index is 9.03. The van der Waals surface area contributed by atoms with Crippen molar-refractivity contribution in [2.75, 3.05) is 6.61 Å². The van der Waals surface area contributed by atoms with Crippen LogP contribution >= 0.6 is 15.9 Å². The Balaban J connectivity index is 2.13. The van der Waals surface area contributed by atoms with Crippen LogP contribution in [-0.4, -0.2) is 16.7 Å². The molecule has 1 heterocycles. The van der Waals surface area contributed by atoms with Gasteiger partial charge in [-0.3, -0.25) is 0 Å². The van der Waals surface area contributed by atoms with Crippen LogP contribution in [0.15, 0.2) is 53.0 Å². The lowest BCUT2D eigenvalue weighted by molar-refractivity contribution is 0.299. The predicted molar refractivity (Wildman–Crippen MR) is 82.2 cm³/mol. The second-order valence-electron chi connectivity index (χ2n) is 4.53. The molecule has 0 spiro atoms. The molecule has 0 aliphatic heterocycles. The third kappa shape index (κ3) is 2.31. The highest BCUT2D eigenvalue weighted by molar-refractivity contribution is 9.10. The SMILES string of the molecule is OCCc1cccc(-c2[nH]c3ccccc3c2Br)c1. The second kappa shape index (κ2) is 5.19. The largest absolute Gasteiger partial charge is 0.396 e. The molecular formula is C16H14BrNO. The van der Waals surface area contributed by atoms with Crippen molar-refractivity contribution >= 4 is 26.8 Å². The number of hydrogen-bond acceptors (Lipinski definition) is 1. The zero-order chi connectivity index (χ0) is 13.2. The highest BCUT2D eigenvalue weighted by Gasteiger charge is 2.10. The first-order chi connectivity index (χ1) is 9.29. The minimum Gasteiger partial charge on any atom is -0.396 e. The summed E-state index contributed by atoms with van der Waals surface area (Å²) >= 11 is 3.67. The van der Waals surface area contributed by atoms with Crippen LogP contribution in [0.5, 0.6) is 0 Å². The standard InChI is InChI=1S/C16H14BrNO/c17-15-13-6-1-2-7-14(13)18-16(15)12-5-3-4-11(10-12)8-9-19/h1-7,10,18-19H,8-9H2. The van der Waals surface area contributed by atoms with Crippen LogP contribution in [0.2, 0.25) is 0 Å². The summed E-state index contributed by atoms with van der Waals surface area (Å²) in [5.74, 6) is 0. The molecule has 0 radical (unpaired) electrons. The quantitative estimate of drug-likeness (QED) is 0.749. The van der Waals surface area contributed by atoms with E-state index in [9.17, 15) is 0 Å². The van der Waals surface area contributed by atoms with Gasteiger partial charge in [0.1, 0.15) is 0 Å². The average Bonchev–Trinajstić information content (AvgIpc) is 2.78. The Labute approximate surface area is 120 Å². The number of para-hydroxylation sites is 1. The first-order valence-corrected chi connectivity index (χ1v) is 7.05. The maximum Gasteiger partial charge on any atom is 0.0609 e. The molecule has 19 heavy (non-hydrogen) atoms. The van der Waals surface area contributed by atoms with E-state index in [0.717, 1.165) is 26.8 Å². The number of aliphatic hydroxyl groups excluding tert-OH is 1. The van der Waals surface area contributed by atoms with Crippen molar-refractivity contribution in [3.63, 3.8) is 0 Å². The van der Waals surface area contributed by atoms with Crippen molar-refractivity contribution in [1.29, 1.82) is 0 Å². The third-order valence-corrected chi connectivity index (χ3v) is 4.08. The van der Waals surface area contributed by atoms with Crippen LogP contribution in [0, 0.1) is 0 Å². The Morgan fingerprint density at radius 3 is 2.68 bits per heavy atom.